The molecular weight excluding hydrogens is 199 g/mol. The molecule has 0 fully saturated rings. The van der Waals surface area contributed by atoms with E-state index in [0.29, 0.717) is 23.1 Å². The largest absolute Gasteiger partial charge is 1.00 e. The number of rotatable bonds is 2. The van der Waals surface area contributed by atoms with Crippen LogP contribution in [0.2, 0.25) is 5.02 Å². The molecule has 0 heterocycles. The maximum atomic E-state index is 10.3. The summed E-state index contributed by atoms with van der Waals surface area (Å²) >= 11 is 5.62. The zero-order valence-electron chi connectivity index (χ0n) is 7.16. The molecule has 0 atom stereocenters. The summed E-state index contributed by atoms with van der Waals surface area (Å²) in [5.74, 6) is 0. The van der Waals surface area contributed by atoms with Crippen LogP contribution in [0.15, 0.2) is 30.5 Å². The Morgan fingerprint density at radius 3 is 2.23 bits per heavy atom. The summed E-state index contributed by atoms with van der Waals surface area (Å²) in [5, 5.41) is 10.9. The third-order valence-electron chi connectivity index (χ3n) is 1.43. The number of hydrogen-bond donors (Lipinski definition) is 0. The molecule has 0 saturated carbocycles. The zero-order chi connectivity index (χ0) is 8.97. The molecule has 0 spiro atoms. The van der Waals surface area contributed by atoms with Crippen LogP contribution in [0.25, 0.3) is 5.57 Å². The first-order valence-corrected chi connectivity index (χ1v) is 3.69. The summed E-state index contributed by atoms with van der Waals surface area (Å²) in [6, 6.07) is 6.51. The number of carbonyl (C=O) groups excluding carboxylic acids is 1. The van der Waals surface area contributed by atoms with Gasteiger partial charge in [-0.25, -0.2) is 0 Å². The van der Waals surface area contributed by atoms with Gasteiger partial charge in [0, 0.05) is 10.6 Å². The first-order valence-electron chi connectivity index (χ1n) is 3.31. The van der Waals surface area contributed by atoms with Crippen LogP contribution in [0.3, 0.4) is 0 Å². The first kappa shape index (κ1) is 12.7. The molecule has 0 amide bonds. The van der Waals surface area contributed by atoms with Crippen molar-refractivity contribution in [1.82, 2.24) is 0 Å². The van der Waals surface area contributed by atoms with Crippen LogP contribution in [0.1, 0.15) is 5.56 Å². The van der Waals surface area contributed by atoms with Gasteiger partial charge in [-0.1, -0.05) is 23.7 Å². The first-order chi connectivity index (χ1) is 5.77. The number of aldehydes is 1. The topological polar surface area (TPSA) is 40.1 Å². The number of carbonyl (C=O) groups is 1. The molecule has 0 saturated heterocycles. The second kappa shape index (κ2) is 6.22. The maximum absolute atomic E-state index is 10.3. The van der Waals surface area contributed by atoms with E-state index in [1.807, 2.05) is 0 Å². The van der Waals surface area contributed by atoms with Gasteiger partial charge < -0.3 is 5.11 Å². The van der Waals surface area contributed by atoms with Crippen molar-refractivity contribution >= 4 is 23.5 Å². The van der Waals surface area contributed by atoms with E-state index in [9.17, 15) is 9.90 Å². The molecule has 1 aromatic carbocycles. The summed E-state index contributed by atoms with van der Waals surface area (Å²) in [5.41, 5.74) is 0.719. The SMILES string of the molecule is O=C/C(=C\[O-])c1ccc(Cl)cc1.[Na+]. The average Bonchev–Trinajstić information content (AvgIpc) is 2.10. The Hall–Kier alpha value is -0.280. The van der Waals surface area contributed by atoms with E-state index < -0.39 is 0 Å². The second-order valence-electron chi connectivity index (χ2n) is 2.20. The van der Waals surface area contributed by atoms with Crippen molar-refractivity contribution in [2.45, 2.75) is 0 Å². The minimum absolute atomic E-state index is 0. The molecule has 0 aliphatic heterocycles. The summed E-state index contributed by atoms with van der Waals surface area (Å²) in [6.07, 6.45) is 1.05. The fraction of sp³-hybridized carbons (Fsp3) is 0. The van der Waals surface area contributed by atoms with Gasteiger partial charge in [-0.05, 0) is 17.7 Å². The Kier molecular flexibility index (Phi) is 6.08. The van der Waals surface area contributed by atoms with Gasteiger partial charge in [0.2, 0.25) is 0 Å². The quantitative estimate of drug-likeness (QED) is 0.248. The van der Waals surface area contributed by atoms with Crippen molar-refractivity contribution in [2.24, 2.45) is 0 Å². The number of hydrogen-bond acceptors (Lipinski definition) is 2. The smallest absolute Gasteiger partial charge is 0.877 e. The van der Waals surface area contributed by atoms with Crippen molar-refractivity contribution in [3.63, 3.8) is 0 Å². The van der Waals surface area contributed by atoms with Crippen molar-refractivity contribution in [1.29, 1.82) is 0 Å². The van der Waals surface area contributed by atoms with Gasteiger partial charge in [-0.15, -0.1) is 6.26 Å². The minimum Gasteiger partial charge on any atom is -0.877 e. The van der Waals surface area contributed by atoms with Crippen LogP contribution in [0, 0.1) is 0 Å². The fourth-order valence-electron chi connectivity index (χ4n) is 0.806. The van der Waals surface area contributed by atoms with E-state index in [2.05, 4.69) is 0 Å². The van der Waals surface area contributed by atoms with Crippen LogP contribution in [0.5, 0.6) is 0 Å². The summed E-state index contributed by atoms with van der Waals surface area (Å²) in [4.78, 5) is 10.3. The normalized spacial score (nSPS) is 10.4. The molecule has 62 valence electrons. The van der Waals surface area contributed by atoms with Gasteiger partial charge in [0.25, 0.3) is 0 Å². The van der Waals surface area contributed by atoms with E-state index in [1.54, 1.807) is 24.3 Å². The van der Waals surface area contributed by atoms with E-state index in [-0.39, 0.29) is 35.1 Å². The summed E-state index contributed by atoms with van der Waals surface area (Å²) < 4.78 is 0. The van der Waals surface area contributed by atoms with Gasteiger partial charge in [-0.3, -0.25) is 4.79 Å². The molecule has 0 aliphatic rings. The molecule has 4 heteroatoms. The van der Waals surface area contributed by atoms with Crippen molar-refractivity contribution in [2.75, 3.05) is 0 Å². The van der Waals surface area contributed by atoms with Crippen LogP contribution < -0.4 is 34.7 Å². The third-order valence-corrected chi connectivity index (χ3v) is 1.68. The van der Waals surface area contributed by atoms with Crippen LogP contribution in [-0.2, 0) is 4.79 Å². The molecule has 0 N–H and O–H groups in total. The van der Waals surface area contributed by atoms with E-state index in [4.69, 9.17) is 11.6 Å². The second-order valence-corrected chi connectivity index (χ2v) is 2.63. The van der Waals surface area contributed by atoms with Crippen LogP contribution >= 0.6 is 11.6 Å². The van der Waals surface area contributed by atoms with Crippen molar-refractivity contribution in [3.05, 3.63) is 41.1 Å². The van der Waals surface area contributed by atoms with Gasteiger partial charge in [0.1, 0.15) is 6.29 Å². The van der Waals surface area contributed by atoms with Crippen LogP contribution in [0.4, 0.5) is 0 Å². The van der Waals surface area contributed by atoms with E-state index in [0.717, 1.165) is 0 Å². The molecule has 0 aromatic heterocycles. The Labute approximate surface area is 104 Å². The molecule has 1 aromatic rings. The van der Waals surface area contributed by atoms with E-state index in [1.165, 1.54) is 0 Å². The number of allylic oxidation sites excluding steroid dienone is 1. The van der Waals surface area contributed by atoms with Crippen molar-refractivity contribution in [3.8, 4) is 0 Å². The van der Waals surface area contributed by atoms with Crippen LogP contribution in [-0.4, -0.2) is 6.29 Å². The van der Waals surface area contributed by atoms with E-state index >= 15 is 0 Å². The molecule has 1 rings (SSSR count). The molecule has 13 heavy (non-hydrogen) atoms. The molecule has 0 radical (unpaired) electrons. The molecular formula is C9H6ClNaO2. The fourth-order valence-corrected chi connectivity index (χ4v) is 0.932. The predicted octanol–water partition coefficient (Wildman–Crippen LogP) is -1.76. The number of halogens is 1. The predicted molar refractivity (Wildman–Crippen MR) is 45.5 cm³/mol. The zero-order valence-corrected chi connectivity index (χ0v) is 9.91. The van der Waals surface area contributed by atoms with Gasteiger partial charge in [0.15, 0.2) is 0 Å². The molecule has 0 aliphatic carbocycles. The maximum Gasteiger partial charge on any atom is 1.00 e. The van der Waals surface area contributed by atoms with Crippen molar-refractivity contribution < 1.29 is 39.5 Å². The Morgan fingerprint density at radius 1 is 1.31 bits per heavy atom. The minimum atomic E-state index is 0. The average molecular weight is 205 g/mol. The Bertz CT molecular complexity index is 306. The third kappa shape index (κ3) is 3.53. The monoisotopic (exact) mass is 204 g/mol. The summed E-state index contributed by atoms with van der Waals surface area (Å²) in [7, 11) is 0. The number of benzene rings is 1. The molecule has 2 nitrogen and oxygen atoms in total. The molecule has 0 unspecified atom stereocenters. The molecule has 0 bridgehead atoms. The van der Waals surface area contributed by atoms with Gasteiger partial charge in [0.05, 0.1) is 0 Å². The Morgan fingerprint density at radius 2 is 1.85 bits per heavy atom. The van der Waals surface area contributed by atoms with Gasteiger partial charge in [-0.2, -0.15) is 0 Å². The van der Waals surface area contributed by atoms with Gasteiger partial charge >= 0.3 is 29.6 Å². The standard InChI is InChI=1S/C9H7ClO2.Na/c10-9-3-1-7(2-4-9)8(5-11)6-12;/h1-6,11H;/q;+1/p-1/b8-5+;. The summed E-state index contributed by atoms with van der Waals surface area (Å²) in [6.45, 7) is 0. The Balaban J connectivity index is 0.00000144.